The van der Waals surface area contributed by atoms with E-state index in [9.17, 15) is 14.4 Å². The summed E-state index contributed by atoms with van der Waals surface area (Å²) in [5.41, 5.74) is -0.399. The van der Waals surface area contributed by atoms with E-state index in [2.05, 4.69) is 0 Å². The average molecular weight is 290 g/mol. The molecule has 1 heterocycles. The monoisotopic (exact) mass is 290 g/mol. The fourth-order valence-corrected chi connectivity index (χ4v) is 2.84. The second-order valence-electron chi connectivity index (χ2n) is 4.34. The van der Waals surface area contributed by atoms with Gasteiger partial charge in [-0.2, -0.15) is 0 Å². The number of rotatable bonds is 3. The van der Waals surface area contributed by atoms with Crippen molar-refractivity contribution in [1.29, 1.82) is 0 Å². The lowest BCUT2D eigenvalue weighted by Crippen LogP contribution is -2.50. The molecule has 1 rings (SSSR count). The first kappa shape index (κ1) is 16.0. The summed E-state index contributed by atoms with van der Waals surface area (Å²) in [4.78, 5) is 33.3. The summed E-state index contributed by atoms with van der Waals surface area (Å²) in [5.74, 6) is -0.918. The highest BCUT2D eigenvalue weighted by atomic mass is 32.2. The highest BCUT2D eigenvalue weighted by molar-refractivity contribution is 8.13. The molecule has 0 unspecified atom stereocenters. The van der Waals surface area contributed by atoms with E-state index in [-0.39, 0.29) is 5.12 Å². The third kappa shape index (κ3) is 5.20. The SMILES string of the molecule is CC(=O)O[C@@H]1[C@H](C)O[C@@H](SC(C)=O)C[C@@H]1OC(C)=O. The molecule has 1 aliphatic heterocycles. The third-order valence-electron chi connectivity index (χ3n) is 2.54. The van der Waals surface area contributed by atoms with Crippen molar-refractivity contribution in [3.8, 4) is 0 Å². The van der Waals surface area contributed by atoms with Gasteiger partial charge in [0.15, 0.2) is 11.2 Å². The first-order valence-corrected chi connectivity index (χ1v) is 6.84. The van der Waals surface area contributed by atoms with Crippen molar-refractivity contribution >= 4 is 28.8 Å². The molecule has 0 aliphatic carbocycles. The molecule has 7 heteroatoms. The Balaban J connectivity index is 2.77. The Hall–Kier alpha value is -1.08. The molecule has 4 atom stereocenters. The van der Waals surface area contributed by atoms with Gasteiger partial charge >= 0.3 is 11.9 Å². The number of thioether (sulfide) groups is 1. The molecule has 0 amide bonds. The number of ether oxygens (including phenoxy) is 3. The number of esters is 2. The molecular weight excluding hydrogens is 272 g/mol. The van der Waals surface area contributed by atoms with E-state index in [0.717, 1.165) is 11.8 Å². The molecule has 1 aliphatic rings. The minimum atomic E-state index is -0.648. The molecular formula is C12H18O6S. The van der Waals surface area contributed by atoms with E-state index in [0.29, 0.717) is 6.42 Å². The number of hydrogen-bond acceptors (Lipinski definition) is 7. The fourth-order valence-electron chi connectivity index (χ4n) is 1.95. The number of carbonyl (C=O) groups excluding carboxylic acids is 3. The Kier molecular flexibility index (Phi) is 5.81. The summed E-state index contributed by atoms with van der Waals surface area (Å²) >= 11 is 1.04. The average Bonchev–Trinajstić information content (AvgIpc) is 2.21. The Labute approximate surface area is 116 Å². The van der Waals surface area contributed by atoms with Gasteiger partial charge in [0, 0.05) is 27.2 Å². The highest BCUT2D eigenvalue weighted by Gasteiger charge is 2.41. The van der Waals surface area contributed by atoms with Crippen LogP contribution in [0.25, 0.3) is 0 Å². The molecule has 0 bridgehead atoms. The Bertz CT molecular complexity index is 369. The summed E-state index contributed by atoms with van der Waals surface area (Å²) in [5, 5.41) is -0.0790. The lowest BCUT2D eigenvalue weighted by atomic mass is 10.0. The largest absolute Gasteiger partial charge is 0.458 e. The second kappa shape index (κ2) is 6.91. The molecule has 1 fully saturated rings. The van der Waals surface area contributed by atoms with Crippen LogP contribution in [0.1, 0.15) is 34.1 Å². The molecule has 0 aromatic carbocycles. The number of carbonyl (C=O) groups is 3. The van der Waals surface area contributed by atoms with Gasteiger partial charge < -0.3 is 14.2 Å². The Morgan fingerprint density at radius 3 is 2.16 bits per heavy atom. The molecule has 0 aromatic rings. The molecule has 0 aromatic heterocycles. The first-order valence-electron chi connectivity index (χ1n) is 5.96. The topological polar surface area (TPSA) is 78.9 Å². The summed E-state index contributed by atoms with van der Waals surface area (Å²) < 4.78 is 15.9. The van der Waals surface area contributed by atoms with Crippen LogP contribution >= 0.6 is 11.8 Å². The maximum absolute atomic E-state index is 11.1. The summed E-state index contributed by atoms with van der Waals surface area (Å²) in [6.07, 6.45) is -1.38. The Morgan fingerprint density at radius 1 is 1.11 bits per heavy atom. The Morgan fingerprint density at radius 2 is 1.68 bits per heavy atom. The van der Waals surface area contributed by atoms with Crippen molar-refractivity contribution in [2.24, 2.45) is 0 Å². The third-order valence-corrected chi connectivity index (χ3v) is 3.44. The first-order chi connectivity index (χ1) is 8.79. The zero-order valence-electron chi connectivity index (χ0n) is 11.4. The van der Waals surface area contributed by atoms with Crippen molar-refractivity contribution in [3.05, 3.63) is 0 Å². The zero-order valence-corrected chi connectivity index (χ0v) is 12.2. The van der Waals surface area contributed by atoms with Gasteiger partial charge in [0.1, 0.15) is 11.5 Å². The molecule has 0 N–H and O–H groups in total. The van der Waals surface area contributed by atoms with Gasteiger partial charge in [-0.15, -0.1) is 0 Å². The van der Waals surface area contributed by atoms with Crippen LogP contribution < -0.4 is 0 Å². The molecule has 19 heavy (non-hydrogen) atoms. The maximum Gasteiger partial charge on any atom is 0.303 e. The van der Waals surface area contributed by atoms with Crippen molar-refractivity contribution in [2.75, 3.05) is 0 Å². The van der Waals surface area contributed by atoms with Gasteiger partial charge in [-0.3, -0.25) is 14.4 Å². The predicted octanol–water partition coefficient (Wildman–Crippen LogP) is 1.26. The van der Waals surface area contributed by atoms with Crippen LogP contribution in [0.5, 0.6) is 0 Å². The maximum atomic E-state index is 11.1. The zero-order chi connectivity index (χ0) is 14.6. The molecule has 1 saturated heterocycles. The predicted molar refractivity (Wildman–Crippen MR) is 68.3 cm³/mol. The summed E-state index contributed by atoms with van der Waals surface area (Å²) in [6, 6.07) is 0. The smallest absolute Gasteiger partial charge is 0.303 e. The van der Waals surface area contributed by atoms with Gasteiger partial charge in [-0.05, 0) is 6.92 Å². The van der Waals surface area contributed by atoms with E-state index >= 15 is 0 Å². The fraction of sp³-hybridized carbons (Fsp3) is 0.750. The van der Waals surface area contributed by atoms with Crippen molar-refractivity contribution in [3.63, 3.8) is 0 Å². The van der Waals surface area contributed by atoms with Crippen LogP contribution in [0.3, 0.4) is 0 Å². The van der Waals surface area contributed by atoms with Gasteiger partial charge in [0.25, 0.3) is 0 Å². The lowest BCUT2D eigenvalue weighted by molar-refractivity contribution is -0.194. The van der Waals surface area contributed by atoms with Gasteiger partial charge in [0.2, 0.25) is 0 Å². The van der Waals surface area contributed by atoms with Crippen LogP contribution in [-0.2, 0) is 28.6 Å². The standard InChI is InChI=1S/C12H18O6S/c1-6-12(18-8(3)14)10(17-7(2)13)5-11(16-6)19-9(4)15/h6,10-12H,5H2,1-4H3/t6-,10-,11-,12+/m0/s1. The van der Waals surface area contributed by atoms with Crippen LogP contribution in [0.15, 0.2) is 0 Å². The molecule has 0 radical (unpaired) electrons. The van der Waals surface area contributed by atoms with Crippen LogP contribution in [0.2, 0.25) is 0 Å². The van der Waals surface area contributed by atoms with E-state index in [1.54, 1.807) is 6.92 Å². The summed E-state index contributed by atoms with van der Waals surface area (Å²) in [7, 11) is 0. The van der Waals surface area contributed by atoms with E-state index in [4.69, 9.17) is 14.2 Å². The molecule has 108 valence electrons. The minimum absolute atomic E-state index is 0.0790. The lowest BCUT2D eigenvalue weighted by Gasteiger charge is -2.38. The second-order valence-corrected chi connectivity index (χ2v) is 5.67. The van der Waals surface area contributed by atoms with Crippen molar-refractivity contribution < 1.29 is 28.6 Å². The molecule has 0 saturated carbocycles. The van der Waals surface area contributed by atoms with Crippen molar-refractivity contribution in [1.82, 2.24) is 0 Å². The minimum Gasteiger partial charge on any atom is -0.458 e. The van der Waals surface area contributed by atoms with Gasteiger partial charge in [0.05, 0.1) is 6.10 Å². The molecule has 6 nitrogen and oxygen atoms in total. The quantitative estimate of drug-likeness (QED) is 0.724. The number of hydrogen-bond donors (Lipinski definition) is 0. The van der Waals surface area contributed by atoms with Crippen molar-refractivity contribution in [2.45, 2.75) is 57.9 Å². The van der Waals surface area contributed by atoms with Crippen LogP contribution in [0, 0.1) is 0 Å². The van der Waals surface area contributed by atoms with Crippen LogP contribution in [-0.4, -0.2) is 40.8 Å². The van der Waals surface area contributed by atoms with Crippen LogP contribution in [0.4, 0.5) is 0 Å². The van der Waals surface area contributed by atoms with E-state index in [1.165, 1.54) is 20.8 Å². The van der Waals surface area contributed by atoms with Gasteiger partial charge in [-0.1, -0.05) is 11.8 Å². The normalized spacial score (nSPS) is 30.5. The highest BCUT2D eigenvalue weighted by Crippen LogP contribution is 2.31. The molecule has 0 spiro atoms. The van der Waals surface area contributed by atoms with Gasteiger partial charge in [-0.25, -0.2) is 0 Å². The van der Waals surface area contributed by atoms with E-state index < -0.39 is 35.7 Å². The van der Waals surface area contributed by atoms with E-state index in [1.807, 2.05) is 0 Å². The summed E-state index contributed by atoms with van der Waals surface area (Å²) in [6.45, 7) is 5.74.